The summed E-state index contributed by atoms with van der Waals surface area (Å²) in [7, 11) is -1.56. The molecule has 1 heterocycles. The maximum atomic E-state index is 6.18. The van der Waals surface area contributed by atoms with Gasteiger partial charge < -0.3 is 4.43 Å². The molecule has 0 aliphatic heterocycles. The lowest BCUT2D eigenvalue weighted by Gasteiger charge is -2.24. The number of hydrogen-bond donors (Lipinski definition) is 1. The molecule has 0 saturated carbocycles. The first-order valence-corrected chi connectivity index (χ1v) is 9.34. The Morgan fingerprint density at radius 3 is 2.94 bits per heavy atom. The maximum absolute atomic E-state index is 6.18. The van der Waals surface area contributed by atoms with E-state index in [0.717, 1.165) is 16.7 Å². The minimum atomic E-state index is -1.56. The van der Waals surface area contributed by atoms with Crippen LogP contribution in [0.2, 0.25) is 19.1 Å². The molecule has 0 amide bonds. The molecule has 0 saturated heterocycles. The Bertz CT molecular complexity index is 493. The van der Waals surface area contributed by atoms with E-state index in [1.165, 1.54) is 18.9 Å². The number of H-pyrrole nitrogens is 1. The van der Waals surface area contributed by atoms with Crippen LogP contribution in [0.25, 0.3) is 10.9 Å². The smallest absolute Gasteiger partial charge is 0.245 e. The van der Waals surface area contributed by atoms with E-state index in [2.05, 4.69) is 36.3 Å². The van der Waals surface area contributed by atoms with Gasteiger partial charge in [0.25, 0.3) is 0 Å². The number of hydrogen-bond acceptors (Lipinski definition) is 2. The number of fused-ring (bicyclic) bond motifs is 1. The predicted molar refractivity (Wildman–Crippen MR) is 73.9 cm³/mol. The highest BCUT2D eigenvalue weighted by atomic mass is 28.4. The van der Waals surface area contributed by atoms with Gasteiger partial charge in [-0.1, -0.05) is 19.8 Å². The summed E-state index contributed by atoms with van der Waals surface area (Å²) in [6, 6.07) is 7.34. The second-order valence-corrected chi connectivity index (χ2v) is 9.31. The summed E-state index contributed by atoms with van der Waals surface area (Å²) in [5.41, 5.74) is 1.06. The van der Waals surface area contributed by atoms with E-state index >= 15 is 0 Å². The molecule has 3 nitrogen and oxygen atoms in total. The summed E-state index contributed by atoms with van der Waals surface area (Å²) >= 11 is 0. The van der Waals surface area contributed by atoms with Crippen LogP contribution in [0.15, 0.2) is 24.4 Å². The average molecular weight is 248 g/mol. The summed E-state index contributed by atoms with van der Waals surface area (Å²) < 4.78 is 6.18. The molecular formula is C13H20N2OSi. The Hall–Kier alpha value is -1.29. The van der Waals surface area contributed by atoms with Gasteiger partial charge in [-0.15, -0.1) is 0 Å². The van der Waals surface area contributed by atoms with Gasteiger partial charge in [-0.25, -0.2) is 0 Å². The molecule has 92 valence electrons. The van der Waals surface area contributed by atoms with E-state index in [9.17, 15) is 0 Å². The van der Waals surface area contributed by atoms with Gasteiger partial charge in [-0.3, -0.25) is 5.10 Å². The number of nitrogens with one attached hydrogen (secondary N) is 1. The van der Waals surface area contributed by atoms with Gasteiger partial charge >= 0.3 is 0 Å². The lowest BCUT2D eigenvalue weighted by atomic mass is 10.2. The molecule has 0 atom stereocenters. The third-order valence-corrected chi connectivity index (χ3v) is 5.28. The lowest BCUT2D eigenvalue weighted by Crippen LogP contribution is -2.33. The molecule has 1 aromatic carbocycles. The van der Waals surface area contributed by atoms with Crippen LogP contribution in [0.4, 0.5) is 0 Å². The SMILES string of the molecule is CCCC[Si](C)(C)Oc1ccc2[nH]ncc2c1. The Labute approximate surface area is 103 Å². The topological polar surface area (TPSA) is 37.9 Å². The molecule has 1 N–H and O–H groups in total. The van der Waals surface area contributed by atoms with Gasteiger partial charge in [0.2, 0.25) is 8.32 Å². The molecule has 0 fully saturated rings. The molecule has 4 heteroatoms. The van der Waals surface area contributed by atoms with Gasteiger partial charge in [0.15, 0.2) is 0 Å². The zero-order valence-electron chi connectivity index (χ0n) is 10.8. The summed E-state index contributed by atoms with van der Waals surface area (Å²) in [5.74, 6) is 0.978. The van der Waals surface area contributed by atoms with E-state index in [1.54, 1.807) is 0 Å². The molecule has 0 aliphatic carbocycles. The first-order valence-electron chi connectivity index (χ1n) is 6.23. The van der Waals surface area contributed by atoms with Crippen LogP contribution >= 0.6 is 0 Å². The van der Waals surface area contributed by atoms with Gasteiger partial charge in [0, 0.05) is 5.39 Å². The minimum absolute atomic E-state index is 0.978. The van der Waals surface area contributed by atoms with Crippen LogP contribution < -0.4 is 4.43 Å². The van der Waals surface area contributed by atoms with E-state index in [-0.39, 0.29) is 0 Å². The van der Waals surface area contributed by atoms with E-state index in [0.29, 0.717) is 0 Å². The number of aromatic nitrogens is 2. The van der Waals surface area contributed by atoms with Crippen LogP contribution in [0.3, 0.4) is 0 Å². The molecule has 0 unspecified atom stereocenters. The van der Waals surface area contributed by atoms with Crippen molar-refractivity contribution in [1.29, 1.82) is 0 Å². The molecule has 0 spiro atoms. The predicted octanol–water partition coefficient (Wildman–Crippen LogP) is 3.95. The second-order valence-electron chi connectivity index (χ2n) is 5.08. The van der Waals surface area contributed by atoms with Crippen LogP contribution in [0.5, 0.6) is 5.75 Å². The normalized spacial score (nSPS) is 11.9. The molecular weight excluding hydrogens is 228 g/mol. The number of unbranched alkanes of at least 4 members (excludes halogenated alkanes) is 1. The largest absolute Gasteiger partial charge is 0.544 e. The van der Waals surface area contributed by atoms with Crippen molar-refractivity contribution < 1.29 is 4.43 Å². The minimum Gasteiger partial charge on any atom is -0.544 e. The third kappa shape index (κ3) is 3.09. The standard InChI is InChI=1S/C13H20N2OSi/c1-4-5-8-17(2,3)16-12-6-7-13-11(9-12)10-14-15-13/h6-7,9-10H,4-5,8H2,1-3H3,(H,14,15). The molecule has 17 heavy (non-hydrogen) atoms. The first kappa shape index (κ1) is 12.2. The molecule has 1 aromatic heterocycles. The fourth-order valence-electron chi connectivity index (χ4n) is 1.96. The fourth-order valence-corrected chi connectivity index (χ4v) is 4.03. The summed E-state index contributed by atoms with van der Waals surface area (Å²) in [6.07, 6.45) is 4.33. The number of nitrogens with zero attached hydrogens (tertiary/aromatic N) is 1. The van der Waals surface area contributed by atoms with Gasteiger partial charge in [-0.2, -0.15) is 5.10 Å². The van der Waals surface area contributed by atoms with Crippen LogP contribution in [0, 0.1) is 0 Å². The summed E-state index contributed by atoms with van der Waals surface area (Å²) in [4.78, 5) is 0. The first-order chi connectivity index (χ1) is 8.11. The quantitative estimate of drug-likeness (QED) is 0.814. The Morgan fingerprint density at radius 1 is 1.35 bits per heavy atom. The Morgan fingerprint density at radius 2 is 2.18 bits per heavy atom. The lowest BCUT2D eigenvalue weighted by molar-refractivity contribution is 0.543. The van der Waals surface area contributed by atoms with E-state index < -0.39 is 8.32 Å². The van der Waals surface area contributed by atoms with Crippen molar-refractivity contribution >= 4 is 19.2 Å². The Kier molecular flexibility index (Phi) is 3.52. The number of benzene rings is 1. The van der Waals surface area contributed by atoms with E-state index in [4.69, 9.17) is 4.43 Å². The van der Waals surface area contributed by atoms with Crippen molar-refractivity contribution in [1.82, 2.24) is 10.2 Å². The highest BCUT2D eigenvalue weighted by Crippen LogP contribution is 2.24. The monoisotopic (exact) mass is 248 g/mol. The molecule has 2 rings (SSSR count). The summed E-state index contributed by atoms with van der Waals surface area (Å²) in [6.45, 7) is 6.78. The maximum Gasteiger partial charge on any atom is 0.245 e. The van der Waals surface area contributed by atoms with Crippen LogP contribution in [0.1, 0.15) is 19.8 Å². The van der Waals surface area contributed by atoms with Crippen molar-refractivity contribution in [2.45, 2.75) is 38.9 Å². The number of rotatable bonds is 5. The molecule has 0 bridgehead atoms. The van der Waals surface area contributed by atoms with E-state index in [1.807, 2.05) is 18.3 Å². The highest BCUT2D eigenvalue weighted by Gasteiger charge is 2.23. The average Bonchev–Trinajstić information content (AvgIpc) is 2.73. The molecule has 0 aliphatic rings. The fraction of sp³-hybridized carbons (Fsp3) is 0.462. The summed E-state index contributed by atoms with van der Waals surface area (Å²) in [5, 5.41) is 8.08. The Balaban J connectivity index is 2.11. The van der Waals surface area contributed by atoms with Crippen molar-refractivity contribution in [2.75, 3.05) is 0 Å². The van der Waals surface area contributed by atoms with Crippen molar-refractivity contribution in [3.63, 3.8) is 0 Å². The number of aromatic amines is 1. The zero-order chi connectivity index (χ0) is 12.3. The van der Waals surface area contributed by atoms with Crippen LogP contribution in [-0.2, 0) is 0 Å². The zero-order valence-corrected chi connectivity index (χ0v) is 11.8. The molecule has 0 radical (unpaired) electrons. The third-order valence-electron chi connectivity index (χ3n) is 2.94. The highest BCUT2D eigenvalue weighted by molar-refractivity contribution is 6.71. The second kappa shape index (κ2) is 4.92. The van der Waals surface area contributed by atoms with Gasteiger partial charge in [-0.05, 0) is 37.3 Å². The van der Waals surface area contributed by atoms with Crippen LogP contribution in [-0.4, -0.2) is 18.5 Å². The van der Waals surface area contributed by atoms with Crippen molar-refractivity contribution in [2.24, 2.45) is 0 Å². The van der Waals surface area contributed by atoms with Gasteiger partial charge in [0.1, 0.15) is 5.75 Å². The van der Waals surface area contributed by atoms with Crippen molar-refractivity contribution in [3.05, 3.63) is 24.4 Å². The van der Waals surface area contributed by atoms with Crippen molar-refractivity contribution in [3.8, 4) is 5.75 Å². The molecule has 2 aromatic rings. The van der Waals surface area contributed by atoms with Gasteiger partial charge in [0.05, 0.1) is 11.7 Å².